The number of nitrogens with zero attached hydrogens (tertiary/aromatic N) is 2. The van der Waals surface area contributed by atoms with Gasteiger partial charge in [0, 0.05) is 5.56 Å². The van der Waals surface area contributed by atoms with Crippen LogP contribution in [0.25, 0.3) is 5.76 Å². The molecule has 0 spiro atoms. The number of hydrogen-bond acceptors (Lipinski definition) is 9. The number of benzene rings is 2. The lowest BCUT2D eigenvalue weighted by molar-refractivity contribution is -0.132. The fourth-order valence-corrected chi connectivity index (χ4v) is 4.88. The van der Waals surface area contributed by atoms with E-state index in [9.17, 15) is 24.6 Å². The molecule has 2 heterocycles. The van der Waals surface area contributed by atoms with Crippen LogP contribution in [0.3, 0.4) is 0 Å². The number of rotatable bonds is 8. The van der Waals surface area contributed by atoms with Gasteiger partial charge in [0.1, 0.15) is 28.7 Å². The van der Waals surface area contributed by atoms with Gasteiger partial charge in [-0.25, -0.2) is 9.78 Å². The van der Waals surface area contributed by atoms with E-state index in [2.05, 4.69) is 11.6 Å². The first kappa shape index (κ1) is 25.6. The number of aryl methyl sites for hydroxylation is 1. The summed E-state index contributed by atoms with van der Waals surface area (Å²) < 4.78 is 10.5. The summed E-state index contributed by atoms with van der Waals surface area (Å²) in [5.74, 6) is -2.25. The van der Waals surface area contributed by atoms with Crippen molar-refractivity contribution >= 4 is 39.9 Å². The fourth-order valence-electron chi connectivity index (χ4n) is 3.89. The van der Waals surface area contributed by atoms with E-state index < -0.39 is 23.7 Å². The number of ether oxygens (including phenoxy) is 2. The van der Waals surface area contributed by atoms with Crippen LogP contribution in [0.5, 0.6) is 11.5 Å². The van der Waals surface area contributed by atoms with Crippen LogP contribution in [0.1, 0.15) is 39.5 Å². The number of esters is 1. The van der Waals surface area contributed by atoms with Crippen molar-refractivity contribution in [1.29, 1.82) is 0 Å². The van der Waals surface area contributed by atoms with Crippen molar-refractivity contribution in [2.45, 2.75) is 19.9 Å². The van der Waals surface area contributed by atoms with E-state index in [1.807, 2.05) is 0 Å². The zero-order valence-corrected chi connectivity index (χ0v) is 20.9. The molecule has 2 aromatic carbocycles. The molecule has 1 aromatic heterocycles. The highest BCUT2D eigenvalue weighted by atomic mass is 32.1. The highest BCUT2D eigenvalue weighted by molar-refractivity contribution is 7.17. The Bertz CT molecular complexity index is 1390. The van der Waals surface area contributed by atoms with E-state index in [0.29, 0.717) is 29.2 Å². The van der Waals surface area contributed by atoms with E-state index in [1.165, 1.54) is 12.1 Å². The number of ketones is 1. The van der Waals surface area contributed by atoms with E-state index >= 15 is 0 Å². The number of carbonyl (C=O) groups excluding carboxylic acids is 3. The minimum Gasteiger partial charge on any atom is -0.508 e. The van der Waals surface area contributed by atoms with Gasteiger partial charge in [-0.1, -0.05) is 36.1 Å². The highest BCUT2D eigenvalue weighted by Crippen LogP contribution is 2.44. The van der Waals surface area contributed by atoms with Crippen molar-refractivity contribution in [2.24, 2.45) is 0 Å². The number of aliphatic hydroxyl groups excluding tert-OH is 1. The Balaban J connectivity index is 1.84. The maximum atomic E-state index is 13.3. The molecule has 2 N–H and O–H groups in total. The average Bonchev–Trinajstić information content (AvgIpc) is 3.40. The van der Waals surface area contributed by atoms with E-state index in [-0.39, 0.29) is 33.7 Å². The summed E-state index contributed by atoms with van der Waals surface area (Å²) in [6, 6.07) is 11.3. The quantitative estimate of drug-likeness (QED) is 0.146. The van der Waals surface area contributed by atoms with E-state index in [4.69, 9.17) is 9.47 Å². The van der Waals surface area contributed by atoms with Gasteiger partial charge in [-0.05, 0) is 55.8 Å². The standard InChI is InChI=1S/C27H24N2O7S/c1-4-14-36-19-12-8-17(9-13-19)22(31)20-21(16-6-10-18(30)11-7-16)29(25(33)23(20)32)27-28-15(3)24(37-27)26(34)35-5-2/h4,6-13,21,30-31H,1,5,14H2,2-3H3. The molecule has 10 heteroatoms. The first-order valence-electron chi connectivity index (χ1n) is 11.3. The number of Topliss-reactive ketones (excluding diaryl/α,β-unsaturated/α-hetero) is 1. The first-order chi connectivity index (χ1) is 17.8. The summed E-state index contributed by atoms with van der Waals surface area (Å²) in [7, 11) is 0. The molecule has 0 saturated carbocycles. The zero-order valence-electron chi connectivity index (χ0n) is 20.1. The van der Waals surface area contributed by atoms with Crippen molar-refractivity contribution in [3.8, 4) is 11.5 Å². The van der Waals surface area contributed by atoms with Gasteiger partial charge in [-0.2, -0.15) is 0 Å². The summed E-state index contributed by atoms with van der Waals surface area (Å²) in [4.78, 5) is 44.7. The third-order valence-corrected chi connectivity index (χ3v) is 6.74. The molecule has 1 unspecified atom stereocenters. The third kappa shape index (κ3) is 4.96. The van der Waals surface area contributed by atoms with Crippen LogP contribution in [0.15, 0.2) is 66.8 Å². The van der Waals surface area contributed by atoms with Crippen LogP contribution in [0.2, 0.25) is 0 Å². The molecule has 1 fully saturated rings. The van der Waals surface area contributed by atoms with Crippen LogP contribution < -0.4 is 9.64 Å². The van der Waals surface area contributed by atoms with Crippen molar-refractivity contribution in [1.82, 2.24) is 4.98 Å². The topological polar surface area (TPSA) is 126 Å². The number of phenolic OH excluding ortho intramolecular Hbond substituents is 1. The average molecular weight is 521 g/mol. The molecule has 1 atom stereocenters. The molecule has 1 saturated heterocycles. The molecule has 3 aromatic rings. The Morgan fingerprint density at radius 3 is 2.46 bits per heavy atom. The van der Waals surface area contributed by atoms with E-state index in [1.54, 1.807) is 56.3 Å². The van der Waals surface area contributed by atoms with Gasteiger partial charge < -0.3 is 19.7 Å². The van der Waals surface area contributed by atoms with Crippen molar-refractivity contribution < 1.29 is 34.1 Å². The number of aromatic hydroxyl groups is 1. The molecule has 1 aliphatic heterocycles. The van der Waals surface area contributed by atoms with Crippen molar-refractivity contribution in [3.05, 3.63) is 88.5 Å². The maximum Gasteiger partial charge on any atom is 0.350 e. The molecule has 1 amide bonds. The Morgan fingerprint density at radius 2 is 1.84 bits per heavy atom. The molecule has 0 bridgehead atoms. The van der Waals surface area contributed by atoms with Crippen molar-refractivity contribution in [2.75, 3.05) is 18.1 Å². The number of hydrogen-bond donors (Lipinski definition) is 2. The lowest BCUT2D eigenvalue weighted by Gasteiger charge is -2.23. The maximum absolute atomic E-state index is 13.3. The minimum atomic E-state index is -1.06. The van der Waals surface area contributed by atoms with Crippen LogP contribution >= 0.6 is 11.3 Å². The molecular formula is C27H24N2O7S. The number of anilines is 1. The predicted molar refractivity (Wildman–Crippen MR) is 138 cm³/mol. The Kier molecular flexibility index (Phi) is 7.40. The SMILES string of the molecule is C=CCOc1ccc(C(O)=C2C(=O)C(=O)N(c3nc(C)c(C(=O)OCC)s3)C2c2ccc(O)cc2)cc1. The van der Waals surface area contributed by atoms with Gasteiger partial charge in [-0.3, -0.25) is 14.5 Å². The Morgan fingerprint density at radius 1 is 1.16 bits per heavy atom. The minimum absolute atomic E-state index is 0.00879. The van der Waals surface area contributed by atoms with Gasteiger partial charge in [-0.15, -0.1) is 0 Å². The highest BCUT2D eigenvalue weighted by Gasteiger charge is 2.48. The van der Waals surface area contributed by atoms with Crippen LogP contribution in [0, 0.1) is 6.92 Å². The molecule has 4 rings (SSSR count). The number of carbonyl (C=O) groups is 3. The van der Waals surface area contributed by atoms with E-state index in [0.717, 1.165) is 16.2 Å². The van der Waals surface area contributed by atoms with Crippen LogP contribution in [-0.4, -0.2) is 46.1 Å². The van der Waals surface area contributed by atoms with Crippen LogP contribution in [-0.2, 0) is 14.3 Å². The second kappa shape index (κ2) is 10.7. The van der Waals surface area contributed by atoms with Gasteiger partial charge in [0.25, 0.3) is 5.78 Å². The molecule has 190 valence electrons. The van der Waals surface area contributed by atoms with Gasteiger partial charge in [0.05, 0.1) is 23.9 Å². The first-order valence-corrected chi connectivity index (χ1v) is 12.2. The summed E-state index contributed by atoms with van der Waals surface area (Å²) in [6.07, 6.45) is 1.60. The van der Waals surface area contributed by atoms with Crippen molar-refractivity contribution in [3.63, 3.8) is 0 Å². The largest absolute Gasteiger partial charge is 0.508 e. The summed E-state index contributed by atoms with van der Waals surface area (Å²) in [6.45, 7) is 7.35. The monoisotopic (exact) mass is 520 g/mol. The normalized spacial score (nSPS) is 16.6. The Hall–Kier alpha value is -4.44. The number of aliphatic hydroxyl groups is 1. The fraction of sp³-hybridized carbons (Fsp3) is 0.185. The number of thiazole rings is 1. The number of phenols is 1. The predicted octanol–water partition coefficient (Wildman–Crippen LogP) is 4.52. The van der Waals surface area contributed by atoms with Gasteiger partial charge in [0.15, 0.2) is 5.13 Å². The molecule has 0 aliphatic carbocycles. The molecule has 1 aliphatic rings. The summed E-state index contributed by atoms with van der Waals surface area (Å²) in [5, 5.41) is 21.1. The second-order valence-electron chi connectivity index (χ2n) is 8.02. The van der Waals surface area contributed by atoms with Gasteiger partial charge >= 0.3 is 11.9 Å². The zero-order chi connectivity index (χ0) is 26.7. The molecular weight excluding hydrogens is 496 g/mol. The molecule has 9 nitrogen and oxygen atoms in total. The number of amides is 1. The summed E-state index contributed by atoms with van der Waals surface area (Å²) >= 11 is 0.920. The third-order valence-electron chi connectivity index (χ3n) is 5.60. The van der Waals surface area contributed by atoms with Crippen LogP contribution in [0.4, 0.5) is 5.13 Å². The van der Waals surface area contributed by atoms with Gasteiger partial charge in [0.2, 0.25) is 0 Å². The lowest BCUT2D eigenvalue weighted by Crippen LogP contribution is -2.29. The lowest BCUT2D eigenvalue weighted by atomic mass is 9.95. The molecule has 37 heavy (non-hydrogen) atoms. The number of aromatic nitrogens is 1. The molecule has 0 radical (unpaired) electrons. The summed E-state index contributed by atoms with van der Waals surface area (Å²) in [5.41, 5.74) is 0.950. The smallest absolute Gasteiger partial charge is 0.350 e. The second-order valence-corrected chi connectivity index (χ2v) is 8.99. The Labute approximate surface area is 216 Å².